The molecule has 0 aromatic heterocycles. The van der Waals surface area contributed by atoms with E-state index in [1.54, 1.807) is 24.3 Å². The van der Waals surface area contributed by atoms with Crippen LogP contribution in [0.4, 0.5) is 20.2 Å². The Bertz CT molecular complexity index is 658. The summed E-state index contributed by atoms with van der Waals surface area (Å²) in [6, 6.07) is 9.11. The molecule has 0 saturated carbocycles. The maximum atomic E-state index is 13.5. The zero-order valence-corrected chi connectivity index (χ0v) is 14.2. The lowest BCUT2D eigenvalue weighted by Gasteiger charge is -2.02. The van der Waals surface area contributed by atoms with E-state index in [0.29, 0.717) is 8.95 Å². The average molecular weight is 432 g/mol. The number of benzene rings is 2. The van der Waals surface area contributed by atoms with Crippen molar-refractivity contribution in [2.75, 3.05) is 10.9 Å². The molecule has 4 nitrogen and oxygen atoms in total. The summed E-state index contributed by atoms with van der Waals surface area (Å²) >= 11 is 6.32. The van der Waals surface area contributed by atoms with Gasteiger partial charge in [-0.25, -0.2) is 8.78 Å². The molecule has 0 radical (unpaired) electrons. The van der Waals surface area contributed by atoms with Crippen molar-refractivity contribution in [3.05, 3.63) is 57.0 Å². The minimum Gasteiger partial charge on any atom is -0.275 e. The molecule has 0 aliphatic rings. The Morgan fingerprint density at radius 3 is 1.55 bits per heavy atom. The number of hydrogen-bond donors (Lipinski definition) is 2. The van der Waals surface area contributed by atoms with Gasteiger partial charge in [0.2, 0.25) is 0 Å². The first-order valence-electron chi connectivity index (χ1n) is 6.03. The molecule has 0 heterocycles. The normalized spacial score (nSPS) is 11.3. The Balaban J connectivity index is 1.87. The average Bonchev–Trinajstić information content (AvgIpc) is 2.46. The summed E-state index contributed by atoms with van der Waals surface area (Å²) in [5.41, 5.74) is 5.54. The van der Waals surface area contributed by atoms with E-state index in [-0.39, 0.29) is 11.4 Å². The molecule has 2 aromatic carbocycles. The van der Waals surface area contributed by atoms with Crippen molar-refractivity contribution < 1.29 is 8.78 Å². The van der Waals surface area contributed by atoms with Gasteiger partial charge in [-0.2, -0.15) is 10.2 Å². The van der Waals surface area contributed by atoms with Crippen molar-refractivity contribution in [2.24, 2.45) is 10.2 Å². The van der Waals surface area contributed by atoms with Crippen LogP contribution in [0.15, 0.2) is 55.5 Å². The molecule has 114 valence electrons. The molecule has 22 heavy (non-hydrogen) atoms. The summed E-state index contributed by atoms with van der Waals surface area (Å²) in [6.45, 7) is 0. The third kappa shape index (κ3) is 4.88. The van der Waals surface area contributed by atoms with Crippen molar-refractivity contribution in [3.8, 4) is 0 Å². The second-order valence-electron chi connectivity index (χ2n) is 4.03. The van der Waals surface area contributed by atoms with Gasteiger partial charge in [-0.3, -0.25) is 10.9 Å². The number of hydrogen-bond acceptors (Lipinski definition) is 4. The van der Waals surface area contributed by atoms with Crippen LogP contribution in [0.5, 0.6) is 0 Å². The van der Waals surface area contributed by atoms with Crippen molar-refractivity contribution in [1.82, 2.24) is 0 Å². The summed E-state index contributed by atoms with van der Waals surface area (Å²) in [6.07, 6.45) is 2.62. The topological polar surface area (TPSA) is 48.8 Å². The van der Waals surface area contributed by atoms with Gasteiger partial charge in [0.25, 0.3) is 0 Å². The van der Waals surface area contributed by atoms with Crippen LogP contribution in [0.1, 0.15) is 0 Å². The fourth-order valence-electron chi connectivity index (χ4n) is 1.44. The van der Waals surface area contributed by atoms with Crippen LogP contribution in [-0.4, -0.2) is 12.4 Å². The third-order valence-electron chi connectivity index (χ3n) is 2.45. The Morgan fingerprint density at radius 1 is 0.773 bits per heavy atom. The highest BCUT2D eigenvalue weighted by Gasteiger charge is 2.01. The highest BCUT2D eigenvalue weighted by Crippen LogP contribution is 2.19. The minimum atomic E-state index is -0.432. The van der Waals surface area contributed by atoms with Crippen molar-refractivity contribution in [3.63, 3.8) is 0 Å². The van der Waals surface area contributed by atoms with E-state index in [9.17, 15) is 8.78 Å². The largest absolute Gasteiger partial charge is 0.275 e. The standard InChI is InChI=1S/C14H10Br2F2N4/c15-9-1-3-13(11(17)7-9)21-19-5-6-20-22-14-4-2-10(16)8-12(14)18/h1-8,21-22H/b19-5-,20-6-. The molecular formula is C14H10Br2F2N4. The minimum absolute atomic E-state index is 0.236. The molecule has 8 heteroatoms. The van der Waals surface area contributed by atoms with E-state index in [0.717, 1.165) is 0 Å². The number of hydrazone groups is 2. The van der Waals surface area contributed by atoms with E-state index < -0.39 is 11.6 Å². The van der Waals surface area contributed by atoms with Crippen molar-refractivity contribution in [2.45, 2.75) is 0 Å². The van der Waals surface area contributed by atoms with E-state index >= 15 is 0 Å². The van der Waals surface area contributed by atoms with Crippen LogP contribution in [-0.2, 0) is 0 Å². The molecule has 0 atom stereocenters. The molecule has 0 saturated heterocycles. The van der Waals surface area contributed by atoms with Gasteiger partial charge in [-0.15, -0.1) is 0 Å². The van der Waals surface area contributed by atoms with Crippen LogP contribution in [0.2, 0.25) is 0 Å². The zero-order valence-electron chi connectivity index (χ0n) is 11.0. The van der Waals surface area contributed by atoms with Crippen LogP contribution < -0.4 is 10.9 Å². The Labute approximate surface area is 142 Å². The first-order chi connectivity index (χ1) is 10.6. The summed E-state index contributed by atoms with van der Waals surface area (Å²) in [7, 11) is 0. The summed E-state index contributed by atoms with van der Waals surface area (Å²) in [5.74, 6) is -0.864. The summed E-state index contributed by atoms with van der Waals surface area (Å²) in [4.78, 5) is 0. The molecule has 0 amide bonds. The van der Waals surface area contributed by atoms with E-state index in [4.69, 9.17) is 0 Å². The van der Waals surface area contributed by atoms with Crippen molar-refractivity contribution >= 4 is 55.7 Å². The lowest BCUT2D eigenvalue weighted by Crippen LogP contribution is -1.96. The molecule has 0 spiro atoms. The van der Waals surface area contributed by atoms with Crippen LogP contribution in [0, 0.1) is 11.6 Å². The van der Waals surface area contributed by atoms with Crippen LogP contribution in [0.25, 0.3) is 0 Å². The van der Waals surface area contributed by atoms with Gasteiger partial charge >= 0.3 is 0 Å². The Morgan fingerprint density at radius 2 is 1.18 bits per heavy atom. The second kappa shape index (κ2) is 8.00. The highest BCUT2D eigenvalue weighted by molar-refractivity contribution is 9.10. The van der Waals surface area contributed by atoms with Gasteiger partial charge in [0.05, 0.1) is 23.8 Å². The SMILES string of the molecule is Fc1cc(Br)ccc1N/N=C\C=N/Nc1ccc(Br)cc1F. The maximum Gasteiger partial charge on any atom is 0.149 e. The van der Waals surface area contributed by atoms with Gasteiger partial charge in [-0.1, -0.05) is 31.9 Å². The van der Waals surface area contributed by atoms with Gasteiger partial charge in [0.15, 0.2) is 0 Å². The molecule has 0 unspecified atom stereocenters. The quantitative estimate of drug-likeness (QED) is 0.517. The van der Waals surface area contributed by atoms with Crippen LogP contribution in [0.3, 0.4) is 0 Å². The number of nitrogens with zero attached hydrogens (tertiary/aromatic N) is 2. The smallest absolute Gasteiger partial charge is 0.149 e. The fourth-order valence-corrected chi connectivity index (χ4v) is 2.11. The second-order valence-corrected chi connectivity index (χ2v) is 5.86. The van der Waals surface area contributed by atoms with Crippen LogP contribution >= 0.6 is 31.9 Å². The summed E-state index contributed by atoms with van der Waals surface area (Å²) < 4.78 is 28.2. The lowest BCUT2D eigenvalue weighted by molar-refractivity contribution is 0.629. The molecule has 2 N–H and O–H groups in total. The molecule has 2 rings (SSSR count). The molecule has 0 aliphatic carbocycles. The predicted octanol–water partition coefficient (Wildman–Crippen LogP) is 4.99. The van der Waals surface area contributed by atoms with Gasteiger partial charge < -0.3 is 0 Å². The molecule has 0 bridgehead atoms. The summed E-state index contributed by atoms with van der Waals surface area (Å²) in [5, 5.41) is 7.56. The maximum absolute atomic E-state index is 13.5. The fraction of sp³-hybridized carbons (Fsp3) is 0. The monoisotopic (exact) mass is 430 g/mol. The Hall–Kier alpha value is -1.80. The van der Waals surface area contributed by atoms with E-state index in [2.05, 4.69) is 52.9 Å². The molecule has 2 aromatic rings. The van der Waals surface area contributed by atoms with Gasteiger partial charge in [0, 0.05) is 8.95 Å². The van der Waals surface area contributed by atoms with Crippen molar-refractivity contribution in [1.29, 1.82) is 0 Å². The zero-order chi connectivity index (χ0) is 15.9. The Kier molecular flexibility index (Phi) is 6.02. The molecule has 0 fully saturated rings. The number of anilines is 2. The number of nitrogens with one attached hydrogen (secondary N) is 2. The number of halogens is 4. The highest BCUT2D eigenvalue weighted by atomic mass is 79.9. The molecular weight excluding hydrogens is 422 g/mol. The predicted molar refractivity (Wildman–Crippen MR) is 92.4 cm³/mol. The van der Waals surface area contributed by atoms with Gasteiger partial charge in [0.1, 0.15) is 11.6 Å². The first-order valence-corrected chi connectivity index (χ1v) is 7.61. The van der Waals surface area contributed by atoms with E-state index in [1.165, 1.54) is 24.6 Å². The van der Waals surface area contributed by atoms with E-state index in [1.807, 2.05) is 0 Å². The molecule has 0 aliphatic heterocycles. The number of rotatable bonds is 5. The third-order valence-corrected chi connectivity index (χ3v) is 3.43. The first kappa shape index (κ1) is 16.6. The van der Waals surface area contributed by atoms with Gasteiger partial charge in [-0.05, 0) is 36.4 Å². The lowest BCUT2D eigenvalue weighted by atomic mass is 10.3.